The Hall–Kier alpha value is -0.530. The van der Waals surface area contributed by atoms with Gasteiger partial charge in [0, 0.05) is 6.42 Å². The third kappa shape index (κ3) is 3.56. The Bertz CT molecular complexity index is 543. The van der Waals surface area contributed by atoms with Gasteiger partial charge in [0.2, 0.25) is 0 Å². The van der Waals surface area contributed by atoms with Crippen LogP contribution in [-0.4, -0.2) is 11.1 Å². The standard InChI is InChI=1S/C24H40O2.C2H6/c1-4-16-15-18-20-10-8-17(9-11-22(25)26)23(20,2)14-12-21(18)24(3)13-6-5-7-19(16)24;1-2/h16-21H,4-15H2,1-3H3,(H,25,26);1-2H3/t16-,17?,18?,19?,20?,21-,23?,24?;/m0./s1. The van der Waals surface area contributed by atoms with Crippen molar-refractivity contribution < 1.29 is 9.90 Å². The smallest absolute Gasteiger partial charge is 0.303 e. The molecule has 0 aliphatic heterocycles. The van der Waals surface area contributed by atoms with Crippen LogP contribution in [0, 0.1) is 46.3 Å². The van der Waals surface area contributed by atoms with Crippen LogP contribution in [0.5, 0.6) is 0 Å². The van der Waals surface area contributed by atoms with E-state index in [-0.39, 0.29) is 0 Å². The monoisotopic (exact) mass is 390 g/mol. The first-order valence-corrected chi connectivity index (χ1v) is 12.6. The van der Waals surface area contributed by atoms with E-state index in [4.69, 9.17) is 0 Å². The summed E-state index contributed by atoms with van der Waals surface area (Å²) in [5, 5.41) is 9.17. The van der Waals surface area contributed by atoms with E-state index in [0.717, 1.165) is 36.0 Å². The molecule has 4 rings (SSSR count). The van der Waals surface area contributed by atoms with E-state index in [0.29, 0.717) is 23.2 Å². The third-order valence-corrected chi connectivity index (χ3v) is 10.2. The molecule has 4 aliphatic rings. The van der Waals surface area contributed by atoms with Gasteiger partial charge in [-0.25, -0.2) is 0 Å². The molecular weight excluding hydrogens is 344 g/mol. The van der Waals surface area contributed by atoms with Crippen LogP contribution in [0.3, 0.4) is 0 Å². The van der Waals surface area contributed by atoms with Crippen LogP contribution in [-0.2, 0) is 4.79 Å². The van der Waals surface area contributed by atoms with E-state index in [1.165, 1.54) is 64.2 Å². The molecule has 0 heterocycles. The predicted octanol–water partition coefficient (Wildman–Crippen LogP) is 7.56. The predicted molar refractivity (Wildman–Crippen MR) is 117 cm³/mol. The quantitative estimate of drug-likeness (QED) is 0.537. The first-order chi connectivity index (χ1) is 13.4. The van der Waals surface area contributed by atoms with Crippen molar-refractivity contribution in [1.82, 2.24) is 0 Å². The Kier molecular flexibility index (Phi) is 6.87. The molecule has 162 valence electrons. The van der Waals surface area contributed by atoms with Crippen molar-refractivity contribution in [3.05, 3.63) is 0 Å². The second-order valence-corrected chi connectivity index (χ2v) is 10.9. The van der Waals surface area contributed by atoms with Crippen molar-refractivity contribution in [2.24, 2.45) is 46.3 Å². The van der Waals surface area contributed by atoms with Crippen LogP contribution in [0.1, 0.15) is 112 Å². The van der Waals surface area contributed by atoms with Gasteiger partial charge in [-0.2, -0.15) is 0 Å². The summed E-state index contributed by atoms with van der Waals surface area (Å²) in [4.78, 5) is 11.1. The number of carboxylic acid groups (broad SMARTS) is 1. The van der Waals surface area contributed by atoms with Crippen molar-refractivity contribution in [3.63, 3.8) is 0 Å². The first-order valence-electron chi connectivity index (χ1n) is 12.6. The average Bonchev–Trinajstić information content (AvgIpc) is 3.03. The maximum Gasteiger partial charge on any atom is 0.303 e. The summed E-state index contributed by atoms with van der Waals surface area (Å²) in [6, 6.07) is 0. The molecular formula is C26H46O2. The molecule has 8 atom stereocenters. The number of fused-ring (bicyclic) bond motifs is 5. The molecule has 0 radical (unpaired) electrons. The molecule has 0 bridgehead atoms. The lowest BCUT2D eigenvalue weighted by atomic mass is 9.42. The van der Waals surface area contributed by atoms with Crippen LogP contribution >= 0.6 is 0 Å². The average molecular weight is 391 g/mol. The molecule has 28 heavy (non-hydrogen) atoms. The van der Waals surface area contributed by atoms with Gasteiger partial charge in [-0.3, -0.25) is 4.79 Å². The van der Waals surface area contributed by atoms with Crippen molar-refractivity contribution in [1.29, 1.82) is 0 Å². The zero-order valence-corrected chi connectivity index (χ0v) is 19.3. The number of carboxylic acids is 1. The van der Waals surface area contributed by atoms with Gasteiger partial charge in [0.25, 0.3) is 0 Å². The van der Waals surface area contributed by atoms with Gasteiger partial charge in [0.1, 0.15) is 0 Å². The molecule has 1 N–H and O–H groups in total. The fourth-order valence-electron chi connectivity index (χ4n) is 8.90. The summed E-state index contributed by atoms with van der Waals surface area (Å²) in [5.41, 5.74) is 1.02. The Morgan fingerprint density at radius 2 is 1.64 bits per heavy atom. The fourth-order valence-corrected chi connectivity index (χ4v) is 8.90. The highest BCUT2D eigenvalue weighted by Gasteiger charge is 2.60. The fraction of sp³-hybridized carbons (Fsp3) is 0.962. The van der Waals surface area contributed by atoms with Crippen molar-refractivity contribution in [2.75, 3.05) is 0 Å². The van der Waals surface area contributed by atoms with E-state index >= 15 is 0 Å². The molecule has 0 aromatic rings. The van der Waals surface area contributed by atoms with Crippen molar-refractivity contribution >= 4 is 5.97 Å². The lowest BCUT2D eigenvalue weighted by molar-refractivity contribution is -0.140. The topological polar surface area (TPSA) is 37.3 Å². The van der Waals surface area contributed by atoms with Gasteiger partial charge in [-0.05, 0) is 97.7 Å². The minimum atomic E-state index is -0.605. The molecule has 2 heteroatoms. The highest BCUT2D eigenvalue weighted by Crippen LogP contribution is 2.69. The zero-order valence-electron chi connectivity index (χ0n) is 19.3. The van der Waals surface area contributed by atoms with Crippen LogP contribution in [0.25, 0.3) is 0 Å². The number of carbonyl (C=O) groups is 1. The van der Waals surface area contributed by atoms with Gasteiger partial charge in [0.05, 0.1) is 0 Å². The molecule has 4 fully saturated rings. The van der Waals surface area contributed by atoms with Crippen LogP contribution in [0.4, 0.5) is 0 Å². The summed E-state index contributed by atoms with van der Waals surface area (Å²) in [6.07, 6.45) is 15.5. The lowest BCUT2D eigenvalue weighted by Gasteiger charge is -2.62. The summed E-state index contributed by atoms with van der Waals surface area (Å²) in [7, 11) is 0. The minimum absolute atomic E-state index is 0.373. The Morgan fingerprint density at radius 3 is 2.32 bits per heavy atom. The zero-order chi connectivity index (χ0) is 20.5. The molecule has 4 saturated carbocycles. The number of hydrogen-bond acceptors (Lipinski definition) is 1. The molecule has 6 unspecified atom stereocenters. The third-order valence-electron chi connectivity index (χ3n) is 10.2. The highest BCUT2D eigenvalue weighted by molar-refractivity contribution is 5.66. The maximum absolute atomic E-state index is 11.1. The maximum atomic E-state index is 11.1. The minimum Gasteiger partial charge on any atom is -0.481 e. The number of aliphatic carboxylic acids is 1. The normalized spacial score (nSPS) is 47.2. The molecule has 0 saturated heterocycles. The molecule has 0 aromatic heterocycles. The van der Waals surface area contributed by atoms with E-state index in [1.54, 1.807) is 0 Å². The summed E-state index contributed by atoms with van der Waals surface area (Å²) in [5.74, 6) is 4.72. The molecule has 2 nitrogen and oxygen atoms in total. The lowest BCUT2D eigenvalue weighted by Crippen LogP contribution is -2.55. The molecule has 0 spiro atoms. The molecule has 0 aromatic carbocycles. The van der Waals surface area contributed by atoms with Crippen LogP contribution in [0.2, 0.25) is 0 Å². The van der Waals surface area contributed by atoms with Gasteiger partial charge in [-0.1, -0.05) is 53.9 Å². The second-order valence-electron chi connectivity index (χ2n) is 10.9. The first kappa shape index (κ1) is 22.2. The van der Waals surface area contributed by atoms with E-state index < -0.39 is 5.97 Å². The van der Waals surface area contributed by atoms with E-state index in [2.05, 4.69) is 20.8 Å². The molecule has 4 aliphatic carbocycles. The Balaban J connectivity index is 0.00000109. The number of rotatable bonds is 4. The van der Waals surface area contributed by atoms with Crippen LogP contribution in [0.15, 0.2) is 0 Å². The largest absolute Gasteiger partial charge is 0.481 e. The van der Waals surface area contributed by atoms with Gasteiger partial charge < -0.3 is 5.11 Å². The summed E-state index contributed by atoms with van der Waals surface area (Å²) < 4.78 is 0. The summed E-state index contributed by atoms with van der Waals surface area (Å²) >= 11 is 0. The Morgan fingerprint density at radius 1 is 0.929 bits per heavy atom. The van der Waals surface area contributed by atoms with Crippen molar-refractivity contribution in [2.45, 2.75) is 112 Å². The Labute approximate surface area is 174 Å². The van der Waals surface area contributed by atoms with Gasteiger partial charge in [0.15, 0.2) is 0 Å². The molecule has 0 amide bonds. The van der Waals surface area contributed by atoms with E-state index in [1.807, 2.05) is 13.8 Å². The summed E-state index contributed by atoms with van der Waals surface area (Å²) in [6.45, 7) is 11.7. The van der Waals surface area contributed by atoms with Crippen LogP contribution < -0.4 is 0 Å². The highest BCUT2D eigenvalue weighted by atomic mass is 16.4. The van der Waals surface area contributed by atoms with Gasteiger partial charge >= 0.3 is 5.97 Å². The van der Waals surface area contributed by atoms with E-state index in [9.17, 15) is 9.90 Å². The SMILES string of the molecule is CC.CC[C@H]1CC2C3CCC(CCC(=O)O)C3(C)CC[C@@H]2C2(C)CCCCC12. The number of hydrogen-bond donors (Lipinski definition) is 1. The second kappa shape index (κ2) is 8.68. The van der Waals surface area contributed by atoms with Crippen molar-refractivity contribution in [3.8, 4) is 0 Å². The van der Waals surface area contributed by atoms with Gasteiger partial charge in [-0.15, -0.1) is 0 Å².